The van der Waals surface area contributed by atoms with E-state index in [9.17, 15) is 9.59 Å². The molecule has 118 valence electrons. The van der Waals surface area contributed by atoms with E-state index >= 15 is 0 Å². The van der Waals surface area contributed by atoms with E-state index < -0.39 is 0 Å². The maximum absolute atomic E-state index is 12.1. The highest BCUT2D eigenvalue weighted by Gasteiger charge is 2.15. The molecule has 23 heavy (non-hydrogen) atoms. The third kappa shape index (κ3) is 3.24. The summed E-state index contributed by atoms with van der Waals surface area (Å²) in [6.45, 7) is 0.295. The summed E-state index contributed by atoms with van der Waals surface area (Å²) in [7, 11) is 1.35. The Morgan fingerprint density at radius 1 is 1.26 bits per heavy atom. The predicted octanol–water partition coefficient (Wildman–Crippen LogP) is 2.20. The lowest BCUT2D eigenvalue weighted by molar-refractivity contribution is -0.141. The first-order valence-electron chi connectivity index (χ1n) is 7.01. The van der Waals surface area contributed by atoms with Gasteiger partial charge in [0.25, 0.3) is 5.91 Å². The minimum atomic E-state index is -0.362. The number of amides is 1. The summed E-state index contributed by atoms with van der Waals surface area (Å²) >= 11 is 1.38. The first kappa shape index (κ1) is 15.2. The Morgan fingerprint density at radius 3 is 2.83 bits per heavy atom. The van der Waals surface area contributed by atoms with Crippen molar-refractivity contribution in [3.05, 3.63) is 52.5 Å². The van der Waals surface area contributed by atoms with Gasteiger partial charge in [-0.05, 0) is 23.6 Å². The second-order valence-electron chi connectivity index (χ2n) is 4.84. The van der Waals surface area contributed by atoms with E-state index in [0.717, 1.165) is 11.0 Å². The number of nitrogens with zero attached hydrogens (tertiary/aromatic N) is 2. The number of aromatic nitrogens is 2. The molecule has 2 heterocycles. The standard InChI is InChI=1S/C16H15N3O3S/c1-22-15(20)10-19-12-6-3-2-5-11(12)18-14(19)9-17-16(21)13-7-4-8-23-13/h2-8H,9-10H2,1H3,(H,17,21). The van der Waals surface area contributed by atoms with Gasteiger partial charge < -0.3 is 14.6 Å². The van der Waals surface area contributed by atoms with Crippen LogP contribution in [0.25, 0.3) is 11.0 Å². The third-order valence-electron chi connectivity index (χ3n) is 3.40. The molecule has 0 aliphatic heterocycles. The molecule has 0 fully saturated rings. The third-order valence-corrected chi connectivity index (χ3v) is 4.27. The number of imidazole rings is 1. The summed E-state index contributed by atoms with van der Waals surface area (Å²) in [4.78, 5) is 28.8. The number of methoxy groups -OCH3 is 1. The number of thiophene rings is 1. The quantitative estimate of drug-likeness (QED) is 0.728. The molecule has 0 atom stereocenters. The van der Waals surface area contributed by atoms with Crippen LogP contribution in [0.5, 0.6) is 0 Å². The topological polar surface area (TPSA) is 73.2 Å². The Bertz CT molecular complexity index is 840. The van der Waals surface area contributed by atoms with E-state index in [4.69, 9.17) is 4.74 Å². The van der Waals surface area contributed by atoms with Crippen molar-refractivity contribution in [2.24, 2.45) is 0 Å². The maximum Gasteiger partial charge on any atom is 0.325 e. The Hall–Kier alpha value is -2.67. The number of hydrogen-bond acceptors (Lipinski definition) is 5. The molecule has 0 unspecified atom stereocenters. The Morgan fingerprint density at radius 2 is 2.09 bits per heavy atom. The Labute approximate surface area is 136 Å². The molecule has 0 saturated heterocycles. The number of nitrogens with one attached hydrogen (secondary N) is 1. The van der Waals surface area contributed by atoms with Crippen LogP contribution >= 0.6 is 11.3 Å². The highest BCUT2D eigenvalue weighted by Crippen LogP contribution is 2.16. The number of para-hydroxylation sites is 2. The van der Waals surface area contributed by atoms with Crippen LogP contribution in [0.2, 0.25) is 0 Å². The average molecular weight is 329 g/mol. The van der Waals surface area contributed by atoms with E-state index in [1.807, 2.05) is 35.7 Å². The second kappa shape index (κ2) is 6.62. The molecule has 0 aliphatic rings. The summed E-state index contributed by atoms with van der Waals surface area (Å²) in [6, 6.07) is 11.1. The van der Waals surface area contributed by atoms with Crippen LogP contribution < -0.4 is 5.32 Å². The number of rotatable bonds is 5. The van der Waals surface area contributed by atoms with Crippen LogP contribution in [0.1, 0.15) is 15.5 Å². The minimum absolute atomic E-state index is 0.0568. The molecule has 3 rings (SSSR count). The minimum Gasteiger partial charge on any atom is -0.468 e. The Balaban J connectivity index is 1.85. The molecular formula is C16H15N3O3S. The highest BCUT2D eigenvalue weighted by molar-refractivity contribution is 7.12. The molecule has 7 heteroatoms. The molecule has 0 aliphatic carbocycles. The number of esters is 1. The average Bonchev–Trinajstić information content (AvgIpc) is 3.21. The lowest BCUT2D eigenvalue weighted by atomic mass is 10.3. The molecule has 1 amide bonds. The normalized spacial score (nSPS) is 10.7. The van der Waals surface area contributed by atoms with Gasteiger partial charge in [-0.3, -0.25) is 9.59 Å². The fourth-order valence-electron chi connectivity index (χ4n) is 2.28. The summed E-state index contributed by atoms with van der Waals surface area (Å²) < 4.78 is 6.50. The molecule has 6 nitrogen and oxygen atoms in total. The van der Waals surface area contributed by atoms with Gasteiger partial charge in [0.1, 0.15) is 12.4 Å². The van der Waals surface area contributed by atoms with E-state index in [2.05, 4.69) is 10.3 Å². The Kier molecular flexibility index (Phi) is 4.38. The van der Waals surface area contributed by atoms with Crippen LogP contribution in [0, 0.1) is 0 Å². The van der Waals surface area contributed by atoms with E-state index in [-0.39, 0.29) is 25.0 Å². The lowest BCUT2D eigenvalue weighted by Crippen LogP contribution is -2.25. The van der Waals surface area contributed by atoms with Crippen molar-refractivity contribution in [2.75, 3.05) is 7.11 Å². The molecule has 3 aromatic rings. The van der Waals surface area contributed by atoms with Crippen molar-refractivity contribution in [1.82, 2.24) is 14.9 Å². The SMILES string of the molecule is COC(=O)Cn1c(CNC(=O)c2cccs2)nc2ccccc21. The summed E-state index contributed by atoms with van der Waals surface area (Å²) in [6.07, 6.45) is 0. The van der Waals surface area contributed by atoms with Gasteiger partial charge in [0.05, 0.1) is 29.6 Å². The van der Waals surface area contributed by atoms with Crippen LogP contribution in [-0.4, -0.2) is 28.5 Å². The number of carbonyl (C=O) groups is 2. The van der Waals surface area contributed by atoms with Crippen molar-refractivity contribution in [2.45, 2.75) is 13.1 Å². The molecular weight excluding hydrogens is 314 g/mol. The van der Waals surface area contributed by atoms with Gasteiger partial charge in [-0.2, -0.15) is 0 Å². The van der Waals surface area contributed by atoms with Crippen molar-refractivity contribution in [3.63, 3.8) is 0 Å². The van der Waals surface area contributed by atoms with E-state index in [0.29, 0.717) is 10.7 Å². The monoisotopic (exact) mass is 329 g/mol. The van der Waals surface area contributed by atoms with Gasteiger partial charge in [-0.25, -0.2) is 4.98 Å². The fraction of sp³-hybridized carbons (Fsp3) is 0.188. The van der Waals surface area contributed by atoms with Crippen LogP contribution in [0.3, 0.4) is 0 Å². The molecule has 0 bridgehead atoms. The number of carbonyl (C=O) groups excluding carboxylic acids is 2. The zero-order valence-corrected chi connectivity index (χ0v) is 13.3. The molecule has 0 radical (unpaired) electrons. The van der Waals surface area contributed by atoms with Crippen molar-refractivity contribution >= 4 is 34.2 Å². The maximum atomic E-state index is 12.1. The number of hydrogen-bond donors (Lipinski definition) is 1. The van der Waals surface area contributed by atoms with E-state index in [1.165, 1.54) is 18.4 Å². The summed E-state index contributed by atoms with van der Waals surface area (Å²) in [5.74, 6) is 0.0946. The van der Waals surface area contributed by atoms with Gasteiger partial charge >= 0.3 is 5.97 Å². The number of fused-ring (bicyclic) bond motifs is 1. The van der Waals surface area contributed by atoms with Crippen molar-refractivity contribution < 1.29 is 14.3 Å². The van der Waals surface area contributed by atoms with Gasteiger partial charge in [0.15, 0.2) is 0 Å². The first-order chi connectivity index (χ1) is 11.2. The van der Waals surface area contributed by atoms with Crippen molar-refractivity contribution in [3.8, 4) is 0 Å². The largest absolute Gasteiger partial charge is 0.468 e. The molecule has 0 saturated carbocycles. The van der Waals surface area contributed by atoms with Gasteiger partial charge in [0, 0.05) is 0 Å². The number of benzene rings is 1. The highest BCUT2D eigenvalue weighted by atomic mass is 32.1. The smallest absolute Gasteiger partial charge is 0.325 e. The van der Waals surface area contributed by atoms with E-state index in [1.54, 1.807) is 10.6 Å². The van der Waals surface area contributed by atoms with Gasteiger partial charge in [0.2, 0.25) is 0 Å². The molecule has 1 aromatic carbocycles. The van der Waals surface area contributed by atoms with Crippen LogP contribution in [0.15, 0.2) is 41.8 Å². The van der Waals surface area contributed by atoms with Gasteiger partial charge in [-0.15, -0.1) is 11.3 Å². The summed E-state index contributed by atoms with van der Waals surface area (Å²) in [5, 5.41) is 4.68. The predicted molar refractivity (Wildman–Crippen MR) is 87.2 cm³/mol. The summed E-state index contributed by atoms with van der Waals surface area (Å²) in [5.41, 5.74) is 1.61. The lowest BCUT2D eigenvalue weighted by Gasteiger charge is -2.08. The zero-order valence-electron chi connectivity index (χ0n) is 12.5. The van der Waals surface area contributed by atoms with Gasteiger partial charge in [-0.1, -0.05) is 18.2 Å². The zero-order chi connectivity index (χ0) is 16.2. The first-order valence-corrected chi connectivity index (χ1v) is 7.89. The van der Waals surface area contributed by atoms with Crippen molar-refractivity contribution in [1.29, 1.82) is 0 Å². The molecule has 2 aromatic heterocycles. The fourth-order valence-corrected chi connectivity index (χ4v) is 2.92. The number of ether oxygens (including phenoxy) is 1. The van der Waals surface area contributed by atoms with Crippen LogP contribution in [0.4, 0.5) is 0 Å². The van der Waals surface area contributed by atoms with Crippen LogP contribution in [-0.2, 0) is 22.6 Å². The molecule has 0 spiro atoms. The molecule has 1 N–H and O–H groups in total. The second-order valence-corrected chi connectivity index (χ2v) is 5.79.